The maximum Gasteiger partial charge on any atom is 0.267 e. The number of hydrogen-bond acceptors (Lipinski definition) is 5. The first-order valence-electron chi connectivity index (χ1n) is 8.38. The van der Waals surface area contributed by atoms with E-state index < -0.39 is 0 Å². The number of phenolic OH excluding ortho intramolecular Hbond substituents is 1. The lowest BCUT2D eigenvalue weighted by Crippen LogP contribution is -2.22. The maximum absolute atomic E-state index is 13.0. The zero-order valence-corrected chi connectivity index (χ0v) is 14.3. The van der Waals surface area contributed by atoms with Crippen LogP contribution in [0.1, 0.15) is 5.56 Å². The van der Waals surface area contributed by atoms with Gasteiger partial charge in [0.1, 0.15) is 5.75 Å². The van der Waals surface area contributed by atoms with Crippen molar-refractivity contribution in [1.29, 1.82) is 0 Å². The van der Waals surface area contributed by atoms with Crippen molar-refractivity contribution in [3.63, 3.8) is 0 Å². The van der Waals surface area contributed by atoms with Crippen LogP contribution in [0, 0.1) is 0 Å². The molecule has 0 radical (unpaired) electrons. The van der Waals surface area contributed by atoms with Gasteiger partial charge < -0.3 is 5.11 Å². The third-order valence-corrected chi connectivity index (χ3v) is 4.10. The second kappa shape index (κ2) is 7.13. The second-order valence-electron chi connectivity index (χ2n) is 5.86. The molecule has 0 saturated carbocycles. The van der Waals surface area contributed by atoms with E-state index in [9.17, 15) is 9.90 Å². The molecule has 1 aromatic heterocycles. The van der Waals surface area contributed by atoms with E-state index in [0.29, 0.717) is 22.2 Å². The first-order valence-corrected chi connectivity index (χ1v) is 8.38. The number of hydrazone groups is 1. The summed E-state index contributed by atoms with van der Waals surface area (Å²) < 4.78 is 1.48. The minimum atomic E-state index is -0.188. The molecule has 0 aliphatic heterocycles. The van der Waals surface area contributed by atoms with Crippen LogP contribution < -0.4 is 11.0 Å². The van der Waals surface area contributed by atoms with Crippen molar-refractivity contribution in [2.75, 3.05) is 5.43 Å². The average molecular weight is 356 g/mol. The number of nitrogens with one attached hydrogen (secondary N) is 1. The van der Waals surface area contributed by atoms with Crippen LogP contribution in [0.15, 0.2) is 88.8 Å². The minimum Gasteiger partial charge on any atom is -0.507 e. The Bertz CT molecular complexity index is 1180. The summed E-state index contributed by atoms with van der Waals surface area (Å²) in [6, 6.07) is 23.3. The average Bonchev–Trinajstić information content (AvgIpc) is 2.70. The van der Waals surface area contributed by atoms with Gasteiger partial charge in [0.25, 0.3) is 5.56 Å². The number of fused-ring (bicyclic) bond motifs is 1. The zero-order valence-electron chi connectivity index (χ0n) is 14.3. The van der Waals surface area contributed by atoms with Gasteiger partial charge in [-0.2, -0.15) is 5.10 Å². The molecule has 0 amide bonds. The molecule has 0 aliphatic carbocycles. The maximum atomic E-state index is 13.0. The van der Waals surface area contributed by atoms with E-state index in [1.807, 2.05) is 42.5 Å². The molecule has 2 N–H and O–H groups in total. The molecule has 27 heavy (non-hydrogen) atoms. The molecule has 132 valence electrons. The molecule has 6 heteroatoms. The zero-order chi connectivity index (χ0) is 18.6. The van der Waals surface area contributed by atoms with E-state index in [-0.39, 0.29) is 17.3 Å². The second-order valence-corrected chi connectivity index (χ2v) is 5.86. The molecule has 0 fully saturated rings. The van der Waals surface area contributed by atoms with Gasteiger partial charge in [0, 0.05) is 5.56 Å². The molecule has 4 rings (SSSR count). The van der Waals surface area contributed by atoms with E-state index in [1.165, 1.54) is 10.8 Å². The Morgan fingerprint density at radius 3 is 2.44 bits per heavy atom. The van der Waals surface area contributed by atoms with Crippen LogP contribution in [-0.4, -0.2) is 20.9 Å². The molecule has 3 aromatic carbocycles. The van der Waals surface area contributed by atoms with E-state index in [0.717, 1.165) is 0 Å². The van der Waals surface area contributed by atoms with Crippen molar-refractivity contribution in [2.24, 2.45) is 5.10 Å². The van der Waals surface area contributed by atoms with Crippen LogP contribution in [0.5, 0.6) is 5.75 Å². The number of rotatable bonds is 4. The summed E-state index contributed by atoms with van der Waals surface area (Å²) >= 11 is 0. The smallest absolute Gasteiger partial charge is 0.267 e. The van der Waals surface area contributed by atoms with Crippen LogP contribution in [0.2, 0.25) is 0 Å². The third-order valence-electron chi connectivity index (χ3n) is 4.10. The fraction of sp³-hybridized carbons (Fsp3) is 0. The molecule has 0 aliphatic rings. The number of phenols is 1. The highest BCUT2D eigenvalue weighted by molar-refractivity contribution is 5.84. The van der Waals surface area contributed by atoms with Crippen molar-refractivity contribution < 1.29 is 5.11 Å². The molecule has 0 unspecified atom stereocenters. The van der Waals surface area contributed by atoms with Crippen LogP contribution in [0.3, 0.4) is 0 Å². The summed E-state index contributed by atoms with van der Waals surface area (Å²) in [6.07, 6.45) is 1.48. The highest BCUT2D eigenvalue weighted by Gasteiger charge is 2.12. The Kier molecular flexibility index (Phi) is 4.37. The van der Waals surface area contributed by atoms with Gasteiger partial charge in [-0.1, -0.05) is 42.5 Å². The van der Waals surface area contributed by atoms with Gasteiger partial charge >= 0.3 is 0 Å². The monoisotopic (exact) mass is 356 g/mol. The first kappa shape index (κ1) is 16.5. The molecule has 1 heterocycles. The normalized spacial score (nSPS) is 11.1. The Morgan fingerprint density at radius 2 is 1.63 bits per heavy atom. The van der Waals surface area contributed by atoms with Crippen molar-refractivity contribution in [3.8, 4) is 11.4 Å². The molecule has 0 spiro atoms. The largest absolute Gasteiger partial charge is 0.507 e. The number of benzene rings is 3. The topological polar surface area (TPSA) is 79.5 Å². The Hall–Kier alpha value is -3.93. The lowest BCUT2D eigenvalue weighted by molar-refractivity contribution is 0.474. The molecule has 0 atom stereocenters. The van der Waals surface area contributed by atoms with Crippen LogP contribution in [0.4, 0.5) is 5.95 Å². The van der Waals surface area contributed by atoms with Crippen LogP contribution in [0.25, 0.3) is 16.6 Å². The minimum absolute atomic E-state index is 0.120. The Morgan fingerprint density at radius 1 is 0.926 bits per heavy atom. The SMILES string of the molecule is O=c1c2ccccc2nc(N/N=C\c2ccccc2O)n1-c1ccccc1. The number of para-hydroxylation sites is 3. The van der Waals surface area contributed by atoms with Crippen molar-refractivity contribution >= 4 is 23.1 Å². The number of aromatic hydroxyl groups is 1. The summed E-state index contributed by atoms with van der Waals surface area (Å²) in [5.41, 5.74) is 4.46. The number of anilines is 1. The number of nitrogens with zero attached hydrogens (tertiary/aromatic N) is 3. The van der Waals surface area contributed by atoms with Crippen LogP contribution >= 0.6 is 0 Å². The van der Waals surface area contributed by atoms with E-state index >= 15 is 0 Å². The molecule has 0 bridgehead atoms. The van der Waals surface area contributed by atoms with Crippen molar-refractivity contribution in [2.45, 2.75) is 0 Å². The molecular formula is C21H16N4O2. The van der Waals surface area contributed by atoms with Gasteiger partial charge in [-0.3, -0.25) is 4.79 Å². The fourth-order valence-corrected chi connectivity index (χ4v) is 2.78. The summed E-state index contributed by atoms with van der Waals surface area (Å²) in [6.45, 7) is 0. The van der Waals surface area contributed by atoms with Crippen molar-refractivity contribution in [1.82, 2.24) is 9.55 Å². The predicted octanol–water partition coefficient (Wildman–Crippen LogP) is 3.54. The van der Waals surface area contributed by atoms with Gasteiger partial charge in [-0.15, -0.1) is 0 Å². The molecule has 0 saturated heterocycles. The van der Waals surface area contributed by atoms with Gasteiger partial charge in [0.05, 0.1) is 22.8 Å². The third kappa shape index (κ3) is 3.28. The molecule has 4 aromatic rings. The summed E-state index contributed by atoms with van der Waals surface area (Å²) in [4.78, 5) is 17.6. The lowest BCUT2D eigenvalue weighted by Gasteiger charge is -2.12. The van der Waals surface area contributed by atoms with Crippen molar-refractivity contribution in [3.05, 3.63) is 94.8 Å². The summed E-state index contributed by atoms with van der Waals surface area (Å²) in [7, 11) is 0. The van der Waals surface area contributed by atoms with Crippen LogP contribution in [-0.2, 0) is 0 Å². The van der Waals surface area contributed by atoms with Gasteiger partial charge in [0.15, 0.2) is 0 Å². The first-order chi connectivity index (χ1) is 13.2. The number of hydrogen-bond donors (Lipinski definition) is 2. The summed E-state index contributed by atoms with van der Waals surface area (Å²) in [5.74, 6) is 0.409. The van der Waals surface area contributed by atoms with Gasteiger partial charge in [-0.25, -0.2) is 15.0 Å². The standard InChI is InChI=1S/C21H16N4O2/c26-19-13-7-4-8-15(19)14-22-24-21-23-18-12-6-5-11-17(18)20(27)25(21)16-9-2-1-3-10-16/h1-14,26H,(H,23,24)/b22-14-. The quantitative estimate of drug-likeness (QED) is 0.433. The summed E-state index contributed by atoms with van der Waals surface area (Å²) in [5, 5.41) is 14.5. The van der Waals surface area contributed by atoms with Gasteiger partial charge in [-0.05, 0) is 36.4 Å². The Labute approximate surface area is 155 Å². The lowest BCUT2D eigenvalue weighted by atomic mass is 10.2. The fourth-order valence-electron chi connectivity index (χ4n) is 2.78. The highest BCUT2D eigenvalue weighted by Crippen LogP contribution is 2.17. The molecule has 6 nitrogen and oxygen atoms in total. The predicted molar refractivity (Wildman–Crippen MR) is 107 cm³/mol. The van der Waals surface area contributed by atoms with Gasteiger partial charge in [0.2, 0.25) is 5.95 Å². The molecular weight excluding hydrogens is 340 g/mol. The van der Waals surface area contributed by atoms with E-state index in [4.69, 9.17) is 0 Å². The Balaban J connectivity index is 1.81. The highest BCUT2D eigenvalue weighted by atomic mass is 16.3. The van der Waals surface area contributed by atoms with E-state index in [2.05, 4.69) is 15.5 Å². The van der Waals surface area contributed by atoms with E-state index in [1.54, 1.807) is 36.4 Å². The number of aromatic nitrogens is 2.